The molecule has 0 spiro atoms. The first-order valence-electron chi connectivity index (χ1n) is 7.76. The van der Waals surface area contributed by atoms with Crippen molar-refractivity contribution in [2.24, 2.45) is 23.7 Å². The van der Waals surface area contributed by atoms with Gasteiger partial charge in [0.1, 0.15) is 0 Å². The summed E-state index contributed by atoms with van der Waals surface area (Å²) in [5.74, 6) is 4.09. The standard InChI is InChI=1S/C17H22BrN.ClH/c18-16-4-2-1-3-13(16)10-19-17-14-6-11-5-12(8-14)9-15(17)7-11;/h1-4,11-12,14-15,17,19H,5-10H2;1H. The van der Waals surface area contributed by atoms with E-state index < -0.39 is 0 Å². The van der Waals surface area contributed by atoms with Crippen molar-refractivity contribution in [2.75, 3.05) is 0 Å². The Labute approximate surface area is 136 Å². The van der Waals surface area contributed by atoms with Crippen LogP contribution in [-0.2, 0) is 6.54 Å². The Hall–Kier alpha value is -0.0500. The van der Waals surface area contributed by atoms with E-state index in [1.807, 2.05) is 0 Å². The molecule has 3 heteroatoms. The smallest absolute Gasteiger partial charge is 0.0220 e. The fourth-order valence-electron chi connectivity index (χ4n) is 5.13. The molecule has 0 aromatic heterocycles. The molecule has 0 aliphatic heterocycles. The van der Waals surface area contributed by atoms with Gasteiger partial charge in [0.25, 0.3) is 0 Å². The molecule has 0 radical (unpaired) electrons. The largest absolute Gasteiger partial charge is 0.309 e. The van der Waals surface area contributed by atoms with Crippen LogP contribution >= 0.6 is 28.3 Å². The normalized spacial score (nSPS) is 37.8. The maximum atomic E-state index is 3.89. The van der Waals surface area contributed by atoms with E-state index in [1.54, 1.807) is 6.42 Å². The molecule has 110 valence electrons. The minimum atomic E-state index is 0. The third-order valence-electron chi connectivity index (χ3n) is 5.71. The van der Waals surface area contributed by atoms with Gasteiger partial charge in [0.2, 0.25) is 0 Å². The minimum absolute atomic E-state index is 0. The average molecular weight is 357 g/mol. The highest BCUT2D eigenvalue weighted by molar-refractivity contribution is 9.10. The molecule has 5 rings (SSSR count). The molecule has 0 amide bonds. The number of halogens is 2. The lowest BCUT2D eigenvalue weighted by Crippen LogP contribution is -2.54. The molecule has 4 bridgehead atoms. The molecule has 1 nitrogen and oxygen atoms in total. The van der Waals surface area contributed by atoms with E-state index in [2.05, 4.69) is 45.5 Å². The topological polar surface area (TPSA) is 12.0 Å². The van der Waals surface area contributed by atoms with Crippen LogP contribution in [0.2, 0.25) is 0 Å². The molecule has 0 saturated heterocycles. The monoisotopic (exact) mass is 355 g/mol. The van der Waals surface area contributed by atoms with Gasteiger partial charge < -0.3 is 5.32 Å². The van der Waals surface area contributed by atoms with Crippen LogP contribution in [0.1, 0.15) is 37.7 Å². The third kappa shape index (κ3) is 2.67. The van der Waals surface area contributed by atoms with Crippen LogP contribution < -0.4 is 5.32 Å². The van der Waals surface area contributed by atoms with Crippen molar-refractivity contribution >= 4 is 28.3 Å². The van der Waals surface area contributed by atoms with Crippen LogP contribution in [0, 0.1) is 23.7 Å². The predicted molar refractivity (Wildman–Crippen MR) is 89.1 cm³/mol. The Balaban J connectivity index is 0.00000121. The summed E-state index contributed by atoms with van der Waals surface area (Å²) in [5.41, 5.74) is 1.40. The molecule has 0 atom stereocenters. The van der Waals surface area contributed by atoms with Gasteiger partial charge >= 0.3 is 0 Å². The summed E-state index contributed by atoms with van der Waals surface area (Å²) >= 11 is 3.66. The number of rotatable bonds is 3. The summed E-state index contributed by atoms with van der Waals surface area (Å²) in [7, 11) is 0. The highest BCUT2D eigenvalue weighted by Gasteiger charge is 2.47. The first-order valence-corrected chi connectivity index (χ1v) is 8.55. The van der Waals surface area contributed by atoms with Crippen molar-refractivity contribution in [2.45, 2.75) is 44.7 Å². The zero-order chi connectivity index (χ0) is 12.8. The van der Waals surface area contributed by atoms with E-state index in [0.29, 0.717) is 0 Å². The van der Waals surface area contributed by atoms with E-state index in [4.69, 9.17) is 0 Å². The fourth-order valence-corrected chi connectivity index (χ4v) is 5.55. The van der Waals surface area contributed by atoms with E-state index in [9.17, 15) is 0 Å². The van der Waals surface area contributed by atoms with Crippen LogP contribution in [0.25, 0.3) is 0 Å². The molecule has 0 unspecified atom stereocenters. The number of hydrogen-bond acceptors (Lipinski definition) is 1. The van der Waals surface area contributed by atoms with E-state index >= 15 is 0 Å². The molecular weight excluding hydrogens is 334 g/mol. The molecule has 1 aromatic rings. The van der Waals surface area contributed by atoms with Crippen molar-refractivity contribution in [3.05, 3.63) is 34.3 Å². The Morgan fingerprint density at radius 2 is 1.55 bits per heavy atom. The fraction of sp³-hybridized carbons (Fsp3) is 0.647. The molecule has 1 aromatic carbocycles. The molecule has 4 aliphatic rings. The van der Waals surface area contributed by atoms with Crippen LogP contribution in [0.5, 0.6) is 0 Å². The van der Waals surface area contributed by atoms with Gasteiger partial charge in [0.05, 0.1) is 0 Å². The van der Waals surface area contributed by atoms with Gasteiger partial charge in [-0.05, 0) is 67.4 Å². The molecule has 0 heterocycles. The number of hydrogen-bond donors (Lipinski definition) is 1. The van der Waals surface area contributed by atoms with Crippen LogP contribution in [-0.4, -0.2) is 6.04 Å². The minimum Gasteiger partial charge on any atom is -0.309 e. The van der Waals surface area contributed by atoms with Gasteiger partial charge in [-0.3, -0.25) is 0 Å². The van der Waals surface area contributed by atoms with Crippen molar-refractivity contribution in [1.82, 2.24) is 5.32 Å². The highest BCUT2D eigenvalue weighted by Crippen LogP contribution is 2.53. The van der Waals surface area contributed by atoms with Gasteiger partial charge in [-0.15, -0.1) is 12.4 Å². The first kappa shape index (κ1) is 14.9. The summed E-state index contributed by atoms with van der Waals surface area (Å²) in [5, 5.41) is 3.89. The van der Waals surface area contributed by atoms with Gasteiger partial charge in [-0.25, -0.2) is 0 Å². The van der Waals surface area contributed by atoms with Crippen LogP contribution in [0.15, 0.2) is 28.7 Å². The first-order chi connectivity index (χ1) is 9.29. The second-order valence-corrected chi connectivity index (χ2v) is 7.78. The summed E-state index contributed by atoms with van der Waals surface area (Å²) in [4.78, 5) is 0. The van der Waals surface area contributed by atoms with E-state index in [0.717, 1.165) is 36.3 Å². The average Bonchev–Trinajstić information content (AvgIpc) is 2.39. The van der Waals surface area contributed by atoms with Crippen molar-refractivity contribution in [3.63, 3.8) is 0 Å². The van der Waals surface area contributed by atoms with Gasteiger partial charge in [-0.2, -0.15) is 0 Å². The Bertz CT molecular complexity index is 448. The third-order valence-corrected chi connectivity index (χ3v) is 6.49. The molecule has 4 aliphatic carbocycles. The van der Waals surface area contributed by atoms with Crippen molar-refractivity contribution in [1.29, 1.82) is 0 Å². The maximum Gasteiger partial charge on any atom is 0.0220 e. The lowest BCUT2D eigenvalue weighted by Gasteiger charge is -2.54. The van der Waals surface area contributed by atoms with E-state index in [1.165, 1.54) is 35.7 Å². The zero-order valence-corrected chi connectivity index (χ0v) is 14.1. The SMILES string of the molecule is Brc1ccccc1CNC1C2CC3CC(C2)CC1C3.Cl. The lowest BCUT2D eigenvalue weighted by molar-refractivity contribution is -0.0142. The van der Waals surface area contributed by atoms with Crippen molar-refractivity contribution < 1.29 is 0 Å². The highest BCUT2D eigenvalue weighted by atomic mass is 79.9. The Kier molecular flexibility index (Phi) is 4.45. The summed E-state index contributed by atoms with van der Waals surface area (Å²) < 4.78 is 1.24. The molecule has 20 heavy (non-hydrogen) atoms. The molecule has 4 fully saturated rings. The van der Waals surface area contributed by atoms with Gasteiger partial charge in [0.15, 0.2) is 0 Å². The van der Waals surface area contributed by atoms with Gasteiger partial charge in [0, 0.05) is 17.1 Å². The van der Waals surface area contributed by atoms with Gasteiger partial charge in [-0.1, -0.05) is 34.1 Å². The predicted octanol–water partition coefficient (Wildman–Crippen LogP) is 4.79. The zero-order valence-electron chi connectivity index (χ0n) is 11.7. The summed E-state index contributed by atoms with van der Waals surface area (Å²) in [6.45, 7) is 1.02. The van der Waals surface area contributed by atoms with Crippen molar-refractivity contribution in [3.8, 4) is 0 Å². The maximum absolute atomic E-state index is 3.89. The number of benzene rings is 1. The van der Waals surface area contributed by atoms with E-state index in [-0.39, 0.29) is 12.4 Å². The second kappa shape index (κ2) is 5.98. The van der Waals surface area contributed by atoms with Crippen LogP contribution in [0.4, 0.5) is 0 Å². The number of nitrogens with one attached hydrogen (secondary N) is 1. The lowest BCUT2D eigenvalue weighted by atomic mass is 9.54. The second-order valence-electron chi connectivity index (χ2n) is 6.93. The molecular formula is C17H23BrClN. The molecule has 1 N–H and O–H groups in total. The summed E-state index contributed by atoms with van der Waals surface area (Å²) in [6, 6.07) is 9.40. The summed E-state index contributed by atoms with van der Waals surface area (Å²) in [6.07, 6.45) is 7.55. The van der Waals surface area contributed by atoms with Crippen LogP contribution in [0.3, 0.4) is 0 Å². The molecule has 4 saturated carbocycles. The quantitative estimate of drug-likeness (QED) is 0.821. The Morgan fingerprint density at radius 3 is 2.15 bits per heavy atom. The Morgan fingerprint density at radius 1 is 0.950 bits per heavy atom.